The largest absolute Gasteiger partial charge is 0.378 e. The molecule has 2 fully saturated rings. The van der Waals surface area contributed by atoms with E-state index in [1.807, 2.05) is 13.1 Å². The van der Waals surface area contributed by atoms with E-state index in [-0.39, 0.29) is 23.8 Å². The summed E-state index contributed by atoms with van der Waals surface area (Å²) in [7, 11) is 1.87. The molecule has 7 heteroatoms. The maximum absolute atomic E-state index is 12.4. The molecule has 1 aromatic heterocycles. The molecule has 0 aliphatic carbocycles. The van der Waals surface area contributed by atoms with E-state index in [9.17, 15) is 9.59 Å². The smallest absolute Gasteiger partial charge is 0.227 e. The summed E-state index contributed by atoms with van der Waals surface area (Å²) in [6, 6.07) is 1.83. The molecule has 0 saturated carbocycles. The number of rotatable bonds is 3. The summed E-state index contributed by atoms with van der Waals surface area (Å²) in [6.07, 6.45) is 2.84. The van der Waals surface area contributed by atoms with E-state index in [0.29, 0.717) is 39.1 Å². The van der Waals surface area contributed by atoms with Crippen LogP contribution in [0.15, 0.2) is 12.3 Å². The van der Waals surface area contributed by atoms with Crippen LogP contribution < -0.4 is 5.32 Å². The summed E-state index contributed by atoms with van der Waals surface area (Å²) >= 11 is 0. The van der Waals surface area contributed by atoms with Gasteiger partial charge in [-0.2, -0.15) is 5.10 Å². The second-order valence-electron chi connectivity index (χ2n) is 5.68. The fourth-order valence-electron chi connectivity index (χ4n) is 2.87. The van der Waals surface area contributed by atoms with Gasteiger partial charge in [0.1, 0.15) is 0 Å². The van der Waals surface area contributed by atoms with Gasteiger partial charge in [0, 0.05) is 38.4 Å². The number of hydrogen-bond donors (Lipinski definition) is 1. The van der Waals surface area contributed by atoms with Crippen LogP contribution in [0.3, 0.4) is 0 Å². The van der Waals surface area contributed by atoms with E-state index in [0.717, 1.165) is 5.69 Å². The molecule has 3 heterocycles. The van der Waals surface area contributed by atoms with Crippen LogP contribution in [0.2, 0.25) is 0 Å². The third-order valence-corrected chi connectivity index (χ3v) is 4.11. The molecule has 0 unspecified atom stereocenters. The van der Waals surface area contributed by atoms with Crippen LogP contribution >= 0.6 is 0 Å². The van der Waals surface area contributed by atoms with Crippen LogP contribution in [-0.4, -0.2) is 58.8 Å². The number of nitrogens with one attached hydrogen (secondary N) is 1. The average molecular weight is 292 g/mol. The Kier molecular flexibility index (Phi) is 3.92. The molecule has 3 rings (SSSR count). The summed E-state index contributed by atoms with van der Waals surface area (Å²) in [5.74, 6) is -0.165. The molecule has 1 aromatic rings. The first kappa shape index (κ1) is 14.1. The van der Waals surface area contributed by atoms with Crippen molar-refractivity contribution in [2.75, 3.05) is 26.3 Å². The zero-order chi connectivity index (χ0) is 14.8. The van der Waals surface area contributed by atoms with Gasteiger partial charge < -0.3 is 15.0 Å². The molecule has 1 N–H and O–H groups in total. The minimum absolute atomic E-state index is 0.000524. The Balaban J connectivity index is 1.62. The highest BCUT2D eigenvalue weighted by Gasteiger charge is 2.34. The number of ether oxygens (including phenoxy) is 1. The maximum atomic E-state index is 12.4. The molecule has 21 heavy (non-hydrogen) atoms. The van der Waals surface area contributed by atoms with Crippen LogP contribution in [-0.2, 0) is 27.8 Å². The molecule has 0 radical (unpaired) electrons. The first-order valence-corrected chi connectivity index (χ1v) is 7.26. The molecule has 0 aromatic carbocycles. The lowest BCUT2D eigenvalue weighted by atomic mass is 10.1. The van der Waals surface area contributed by atoms with Gasteiger partial charge in [0.25, 0.3) is 0 Å². The number of nitrogens with zero attached hydrogens (tertiary/aromatic N) is 3. The summed E-state index contributed by atoms with van der Waals surface area (Å²) < 4.78 is 7.24. The molecule has 114 valence electrons. The van der Waals surface area contributed by atoms with Crippen molar-refractivity contribution in [1.82, 2.24) is 20.0 Å². The van der Waals surface area contributed by atoms with Crippen molar-refractivity contribution in [3.8, 4) is 0 Å². The van der Waals surface area contributed by atoms with Crippen molar-refractivity contribution in [2.45, 2.75) is 18.9 Å². The van der Waals surface area contributed by atoms with Crippen LogP contribution in [0.4, 0.5) is 0 Å². The second kappa shape index (κ2) is 5.85. The van der Waals surface area contributed by atoms with Crippen LogP contribution in [0, 0.1) is 5.92 Å². The predicted molar refractivity (Wildman–Crippen MR) is 74.3 cm³/mol. The lowest BCUT2D eigenvalue weighted by Gasteiger charge is -2.27. The third kappa shape index (κ3) is 3.07. The van der Waals surface area contributed by atoms with E-state index in [1.165, 1.54) is 0 Å². The molecule has 0 spiro atoms. The Morgan fingerprint density at radius 3 is 3.10 bits per heavy atom. The van der Waals surface area contributed by atoms with E-state index in [4.69, 9.17) is 4.74 Å². The standard InChI is InChI=1S/C14H20N4O3/c1-17-12(4-5-15-17)2-3-13(19)18-6-10-8-21-9-11(7-18)16-14(10)20/h4-5,10-11H,2-3,6-9H2,1H3,(H,16,20)/t10-,11+/m1/s1. The minimum Gasteiger partial charge on any atom is -0.378 e. The second-order valence-corrected chi connectivity index (χ2v) is 5.68. The first-order valence-electron chi connectivity index (χ1n) is 7.26. The number of amides is 2. The quantitative estimate of drug-likeness (QED) is 0.801. The highest BCUT2D eigenvalue weighted by Crippen LogP contribution is 2.15. The highest BCUT2D eigenvalue weighted by molar-refractivity contribution is 5.82. The monoisotopic (exact) mass is 292 g/mol. The molecule has 2 bridgehead atoms. The fourth-order valence-corrected chi connectivity index (χ4v) is 2.87. The zero-order valence-electron chi connectivity index (χ0n) is 12.1. The first-order chi connectivity index (χ1) is 10.1. The number of carbonyl (C=O) groups excluding carboxylic acids is 2. The topological polar surface area (TPSA) is 76.5 Å². The number of aryl methyl sites for hydroxylation is 2. The highest BCUT2D eigenvalue weighted by atomic mass is 16.5. The molecule has 2 amide bonds. The Morgan fingerprint density at radius 2 is 2.33 bits per heavy atom. The summed E-state index contributed by atoms with van der Waals surface area (Å²) in [5, 5.41) is 7.03. The van der Waals surface area contributed by atoms with Crippen molar-refractivity contribution >= 4 is 11.8 Å². The Morgan fingerprint density at radius 1 is 1.48 bits per heavy atom. The van der Waals surface area contributed by atoms with Gasteiger partial charge in [-0.15, -0.1) is 0 Å². The van der Waals surface area contributed by atoms with Gasteiger partial charge in [0.2, 0.25) is 11.8 Å². The van der Waals surface area contributed by atoms with Gasteiger partial charge in [-0.05, 0) is 12.5 Å². The predicted octanol–water partition coefficient (Wildman–Crippen LogP) is -0.674. The molecule has 2 atom stereocenters. The van der Waals surface area contributed by atoms with Gasteiger partial charge >= 0.3 is 0 Å². The van der Waals surface area contributed by atoms with Crippen LogP contribution in [0.25, 0.3) is 0 Å². The maximum Gasteiger partial charge on any atom is 0.227 e. The Bertz CT molecular complexity index is 542. The number of carbonyl (C=O) groups is 2. The van der Waals surface area contributed by atoms with E-state index < -0.39 is 0 Å². The molecular formula is C14H20N4O3. The van der Waals surface area contributed by atoms with E-state index in [2.05, 4.69) is 10.4 Å². The van der Waals surface area contributed by atoms with Crippen molar-refractivity contribution in [1.29, 1.82) is 0 Å². The van der Waals surface area contributed by atoms with Crippen molar-refractivity contribution in [3.63, 3.8) is 0 Å². The fraction of sp³-hybridized carbons (Fsp3) is 0.643. The summed E-state index contributed by atoms with van der Waals surface area (Å²) in [5.41, 5.74) is 1.04. The molecule has 2 saturated heterocycles. The van der Waals surface area contributed by atoms with Gasteiger partial charge in [-0.1, -0.05) is 0 Å². The molecule has 2 aliphatic rings. The van der Waals surface area contributed by atoms with E-state index >= 15 is 0 Å². The summed E-state index contributed by atoms with van der Waals surface area (Å²) in [4.78, 5) is 26.1. The lowest BCUT2D eigenvalue weighted by molar-refractivity contribution is -0.133. The third-order valence-electron chi connectivity index (χ3n) is 4.11. The number of aromatic nitrogens is 2. The van der Waals surface area contributed by atoms with Crippen LogP contribution in [0.1, 0.15) is 12.1 Å². The van der Waals surface area contributed by atoms with Crippen LogP contribution in [0.5, 0.6) is 0 Å². The zero-order valence-corrected chi connectivity index (χ0v) is 12.1. The van der Waals surface area contributed by atoms with E-state index in [1.54, 1.807) is 15.8 Å². The minimum atomic E-state index is -0.252. The van der Waals surface area contributed by atoms with Gasteiger partial charge in [-0.25, -0.2) is 0 Å². The molecule has 7 nitrogen and oxygen atoms in total. The van der Waals surface area contributed by atoms with Crippen molar-refractivity contribution in [3.05, 3.63) is 18.0 Å². The number of hydrogen-bond acceptors (Lipinski definition) is 4. The average Bonchev–Trinajstić information content (AvgIpc) is 2.66. The van der Waals surface area contributed by atoms with Gasteiger partial charge in [0.05, 0.1) is 25.2 Å². The molecular weight excluding hydrogens is 272 g/mol. The normalized spacial score (nSPS) is 25.4. The van der Waals surface area contributed by atoms with Gasteiger partial charge in [0.15, 0.2) is 0 Å². The van der Waals surface area contributed by atoms with Crippen molar-refractivity contribution in [2.24, 2.45) is 13.0 Å². The Hall–Kier alpha value is -1.89. The summed E-state index contributed by atoms with van der Waals surface area (Å²) in [6.45, 7) is 1.86. The van der Waals surface area contributed by atoms with Crippen molar-refractivity contribution < 1.29 is 14.3 Å². The SMILES string of the molecule is Cn1nccc1CCC(=O)N1C[C@H]2COC[C@@H](C1)C(=O)N2. The van der Waals surface area contributed by atoms with Gasteiger partial charge in [-0.3, -0.25) is 14.3 Å². The lowest BCUT2D eigenvalue weighted by Crippen LogP contribution is -2.44. The molecule has 2 aliphatic heterocycles. The Labute approximate surface area is 123 Å². The number of fused-ring (bicyclic) bond motifs is 3.